The van der Waals surface area contributed by atoms with Gasteiger partial charge in [0.15, 0.2) is 0 Å². The smallest absolute Gasteiger partial charge is 0.314 e. The van der Waals surface area contributed by atoms with Crippen molar-refractivity contribution in [3.63, 3.8) is 0 Å². The minimum atomic E-state index is -0.0537. The fourth-order valence-corrected chi connectivity index (χ4v) is 1.87. The van der Waals surface area contributed by atoms with E-state index >= 15 is 0 Å². The summed E-state index contributed by atoms with van der Waals surface area (Å²) in [6.07, 6.45) is 10.5. The van der Waals surface area contributed by atoms with Gasteiger partial charge in [0.05, 0.1) is 13.1 Å². The zero-order valence-electron chi connectivity index (χ0n) is 12.2. The van der Waals surface area contributed by atoms with Gasteiger partial charge in [0.1, 0.15) is 12.4 Å². The van der Waals surface area contributed by atoms with E-state index in [1.54, 1.807) is 0 Å². The second-order valence-electron chi connectivity index (χ2n) is 4.78. The minimum Gasteiger partial charge on any atom is -0.338 e. The minimum absolute atomic E-state index is 0.0537. The summed E-state index contributed by atoms with van der Waals surface area (Å²) in [6, 6.07) is -0.0537. The van der Waals surface area contributed by atoms with Crippen molar-refractivity contribution in [3.05, 3.63) is 18.7 Å². The molecular formula is C14H27N4O+. The average Bonchev–Trinajstić information content (AvgIpc) is 2.83. The molecule has 1 aromatic heterocycles. The number of imidazole rings is 1. The number of unbranched alkanes of at least 4 members (excludes halogenated alkanes) is 1. The van der Waals surface area contributed by atoms with Crippen LogP contribution in [0.15, 0.2) is 18.7 Å². The first-order valence-electron chi connectivity index (χ1n) is 7.32. The van der Waals surface area contributed by atoms with Crippen molar-refractivity contribution >= 4 is 6.03 Å². The molecule has 0 saturated carbocycles. The second-order valence-corrected chi connectivity index (χ2v) is 4.78. The summed E-state index contributed by atoms with van der Waals surface area (Å²) < 4.78 is 4.34. The van der Waals surface area contributed by atoms with Crippen LogP contribution >= 0.6 is 0 Å². The summed E-state index contributed by atoms with van der Waals surface area (Å²) >= 11 is 0. The van der Waals surface area contributed by atoms with Crippen molar-refractivity contribution in [1.29, 1.82) is 0 Å². The van der Waals surface area contributed by atoms with Crippen molar-refractivity contribution in [2.75, 3.05) is 13.1 Å². The lowest BCUT2D eigenvalue weighted by atomic mass is 10.3. The summed E-state index contributed by atoms with van der Waals surface area (Å²) in [6.45, 7) is 7.75. The van der Waals surface area contributed by atoms with Gasteiger partial charge in [0, 0.05) is 19.5 Å². The van der Waals surface area contributed by atoms with E-state index in [9.17, 15) is 4.79 Å². The van der Waals surface area contributed by atoms with E-state index in [4.69, 9.17) is 0 Å². The maximum Gasteiger partial charge on any atom is 0.314 e. The van der Waals surface area contributed by atoms with Gasteiger partial charge in [-0.15, -0.1) is 0 Å². The van der Waals surface area contributed by atoms with Crippen LogP contribution in [0.3, 0.4) is 0 Å². The summed E-state index contributed by atoms with van der Waals surface area (Å²) in [5, 5.41) is 5.72. The molecule has 5 nitrogen and oxygen atoms in total. The Hall–Kier alpha value is -1.52. The van der Waals surface area contributed by atoms with Crippen molar-refractivity contribution < 1.29 is 9.36 Å². The molecule has 5 heteroatoms. The Morgan fingerprint density at radius 1 is 1.16 bits per heavy atom. The van der Waals surface area contributed by atoms with Gasteiger partial charge in [0.2, 0.25) is 6.33 Å². The standard InChI is InChI=1S/C14H26N4O/c1-3-5-7-15-14(19)16-8-6-10-18-12-11-17(13-18)9-4-2/h11-13H,3-10H2,1-2H3,(H-,15,16,19)/p+1. The molecule has 0 unspecified atom stereocenters. The maximum absolute atomic E-state index is 11.4. The summed E-state index contributed by atoms with van der Waals surface area (Å²) in [7, 11) is 0. The first-order valence-corrected chi connectivity index (χ1v) is 7.32. The highest BCUT2D eigenvalue weighted by atomic mass is 16.2. The monoisotopic (exact) mass is 267 g/mol. The molecule has 0 aliphatic heterocycles. The number of urea groups is 1. The third-order valence-electron chi connectivity index (χ3n) is 2.92. The first kappa shape index (κ1) is 15.5. The average molecular weight is 267 g/mol. The third kappa shape index (κ3) is 6.84. The van der Waals surface area contributed by atoms with E-state index in [0.717, 1.165) is 45.3 Å². The number of carbonyl (C=O) groups excluding carboxylic acids is 1. The van der Waals surface area contributed by atoms with Crippen molar-refractivity contribution in [2.24, 2.45) is 0 Å². The Morgan fingerprint density at radius 2 is 1.89 bits per heavy atom. The molecule has 1 aromatic rings. The van der Waals surface area contributed by atoms with Crippen LogP contribution in [-0.2, 0) is 13.1 Å². The SMILES string of the molecule is CCCCNC(=O)NCCCn1cc[n+](CCC)c1. The summed E-state index contributed by atoms with van der Waals surface area (Å²) in [4.78, 5) is 11.4. The van der Waals surface area contributed by atoms with E-state index in [1.165, 1.54) is 0 Å². The topological polar surface area (TPSA) is 49.9 Å². The number of carbonyl (C=O) groups is 1. The highest BCUT2D eigenvalue weighted by molar-refractivity contribution is 5.73. The number of hydrogen-bond donors (Lipinski definition) is 2. The van der Waals surface area contributed by atoms with E-state index in [2.05, 4.69) is 52.3 Å². The number of rotatable bonds is 9. The van der Waals surface area contributed by atoms with E-state index < -0.39 is 0 Å². The Kier molecular flexibility index (Phi) is 7.70. The quantitative estimate of drug-likeness (QED) is 0.519. The molecule has 108 valence electrons. The first-order chi connectivity index (χ1) is 9.26. The third-order valence-corrected chi connectivity index (χ3v) is 2.92. The molecule has 1 heterocycles. The fraction of sp³-hybridized carbons (Fsp3) is 0.714. The largest absolute Gasteiger partial charge is 0.338 e. The zero-order chi connectivity index (χ0) is 13.9. The number of hydrogen-bond acceptors (Lipinski definition) is 1. The van der Waals surface area contributed by atoms with Crippen molar-refractivity contribution in [1.82, 2.24) is 15.2 Å². The lowest BCUT2D eigenvalue weighted by Crippen LogP contribution is -2.36. The summed E-state index contributed by atoms with van der Waals surface area (Å²) in [5.41, 5.74) is 0. The number of aromatic nitrogens is 2. The van der Waals surface area contributed by atoms with Crippen LogP contribution in [0.25, 0.3) is 0 Å². The second kappa shape index (κ2) is 9.42. The van der Waals surface area contributed by atoms with Crippen molar-refractivity contribution in [3.8, 4) is 0 Å². The zero-order valence-corrected chi connectivity index (χ0v) is 12.2. The molecule has 0 saturated heterocycles. The Morgan fingerprint density at radius 3 is 2.58 bits per heavy atom. The molecule has 0 atom stereocenters. The molecule has 0 bridgehead atoms. The van der Waals surface area contributed by atoms with Crippen LogP contribution in [0.2, 0.25) is 0 Å². The molecule has 0 aromatic carbocycles. The normalized spacial score (nSPS) is 10.4. The van der Waals surface area contributed by atoms with Crippen LogP contribution in [0, 0.1) is 0 Å². The van der Waals surface area contributed by atoms with E-state index in [0.29, 0.717) is 6.54 Å². The highest BCUT2D eigenvalue weighted by Crippen LogP contribution is 1.89. The van der Waals surface area contributed by atoms with Gasteiger partial charge in [-0.2, -0.15) is 0 Å². The van der Waals surface area contributed by atoms with Crippen LogP contribution in [0.5, 0.6) is 0 Å². The molecule has 0 aliphatic rings. The van der Waals surface area contributed by atoms with Gasteiger partial charge in [0.25, 0.3) is 0 Å². The fourth-order valence-electron chi connectivity index (χ4n) is 1.87. The van der Waals surface area contributed by atoms with Crippen LogP contribution in [0.4, 0.5) is 4.79 Å². The Bertz CT molecular complexity index is 362. The number of nitrogens with zero attached hydrogens (tertiary/aromatic N) is 2. The number of amides is 2. The molecule has 0 fully saturated rings. The van der Waals surface area contributed by atoms with Gasteiger partial charge in [-0.1, -0.05) is 20.3 Å². The Balaban J connectivity index is 2.07. The van der Waals surface area contributed by atoms with E-state index in [-0.39, 0.29) is 6.03 Å². The molecule has 2 N–H and O–H groups in total. The molecular weight excluding hydrogens is 240 g/mol. The maximum atomic E-state index is 11.4. The van der Waals surface area contributed by atoms with E-state index in [1.807, 2.05) is 0 Å². The lowest BCUT2D eigenvalue weighted by Gasteiger charge is -2.05. The number of aryl methyl sites for hydroxylation is 2. The van der Waals surface area contributed by atoms with Gasteiger partial charge < -0.3 is 10.6 Å². The van der Waals surface area contributed by atoms with Gasteiger partial charge >= 0.3 is 6.03 Å². The molecule has 0 aliphatic carbocycles. The molecule has 0 radical (unpaired) electrons. The predicted molar refractivity (Wildman–Crippen MR) is 75.8 cm³/mol. The van der Waals surface area contributed by atoms with Crippen molar-refractivity contribution in [2.45, 2.75) is 52.6 Å². The molecule has 19 heavy (non-hydrogen) atoms. The van der Waals surface area contributed by atoms with Crippen LogP contribution in [0.1, 0.15) is 39.5 Å². The molecule has 1 rings (SSSR count). The van der Waals surface area contributed by atoms with Gasteiger partial charge in [-0.3, -0.25) is 0 Å². The molecule has 0 spiro atoms. The van der Waals surface area contributed by atoms with Crippen LogP contribution in [-0.4, -0.2) is 23.7 Å². The lowest BCUT2D eigenvalue weighted by molar-refractivity contribution is -0.696. The van der Waals surface area contributed by atoms with Gasteiger partial charge in [-0.05, 0) is 12.8 Å². The highest BCUT2D eigenvalue weighted by Gasteiger charge is 2.03. The number of nitrogens with one attached hydrogen (secondary N) is 2. The van der Waals surface area contributed by atoms with Crippen LogP contribution < -0.4 is 15.2 Å². The Labute approximate surface area is 116 Å². The predicted octanol–water partition coefficient (Wildman–Crippen LogP) is 1.67. The molecule has 2 amide bonds. The summed E-state index contributed by atoms with van der Waals surface area (Å²) in [5.74, 6) is 0. The van der Waals surface area contributed by atoms with Gasteiger partial charge in [-0.25, -0.2) is 13.9 Å².